The van der Waals surface area contributed by atoms with Crippen molar-refractivity contribution < 1.29 is 5.11 Å². The van der Waals surface area contributed by atoms with Crippen LogP contribution in [-0.2, 0) is 0 Å². The smallest absolute Gasteiger partial charge is 0.0448 e. The molecule has 2 saturated carbocycles. The summed E-state index contributed by atoms with van der Waals surface area (Å²) in [5, 5.41) is 12.9. The summed E-state index contributed by atoms with van der Waals surface area (Å²) in [5.74, 6) is 0. The molecule has 0 radical (unpaired) electrons. The molecule has 2 nitrogen and oxygen atoms in total. The van der Waals surface area contributed by atoms with Crippen molar-refractivity contribution in [3.63, 3.8) is 0 Å². The second kappa shape index (κ2) is 4.66. The van der Waals surface area contributed by atoms with Crippen molar-refractivity contribution in [3.05, 3.63) is 0 Å². The highest BCUT2D eigenvalue weighted by Crippen LogP contribution is 2.52. The van der Waals surface area contributed by atoms with Crippen LogP contribution < -0.4 is 5.32 Å². The van der Waals surface area contributed by atoms with Crippen molar-refractivity contribution >= 4 is 0 Å². The molecule has 2 N–H and O–H groups in total. The van der Waals surface area contributed by atoms with Crippen LogP contribution in [0.4, 0.5) is 0 Å². The highest BCUT2D eigenvalue weighted by Gasteiger charge is 2.47. The Hall–Kier alpha value is -0.0800. The standard InChI is InChI=1S/C14H27NO/c1-13(2,10-11-16)15-12-6-9-14(12)7-4-3-5-8-14/h12,15-16H,3-11H2,1-2H3. The van der Waals surface area contributed by atoms with Gasteiger partial charge in [0.1, 0.15) is 0 Å². The van der Waals surface area contributed by atoms with Crippen LogP contribution in [-0.4, -0.2) is 23.3 Å². The van der Waals surface area contributed by atoms with Crippen LogP contribution in [0.5, 0.6) is 0 Å². The Bertz CT molecular complexity index is 231. The zero-order valence-electron chi connectivity index (χ0n) is 10.9. The Kier molecular flexibility index (Phi) is 3.60. The third-order valence-corrected chi connectivity index (χ3v) is 4.82. The van der Waals surface area contributed by atoms with Crippen molar-refractivity contribution in [2.75, 3.05) is 6.61 Å². The van der Waals surface area contributed by atoms with Crippen molar-refractivity contribution in [1.29, 1.82) is 0 Å². The summed E-state index contributed by atoms with van der Waals surface area (Å²) in [4.78, 5) is 0. The van der Waals surface area contributed by atoms with Crippen LogP contribution in [0.25, 0.3) is 0 Å². The molecule has 0 saturated heterocycles. The lowest BCUT2D eigenvalue weighted by Gasteiger charge is -2.55. The number of aliphatic hydroxyl groups excluding tert-OH is 1. The molecule has 16 heavy (non-hydrogen) atoms. The van der Waals surface area contributed by atoms with Crippen molar-refractivity contribution in [2.45, 2.75) is 76.8 Å². The van der Waals surface area contributed by atoms with E-state index < -0.39 is 0 Å². The first-order valence-corrected chi connectivity index (χ1v) is 6.97. The van der Waals surface area contributed by atoms with Crippen molar-refractivity contribution in [3.8, 4) is 0 Å². The predicted molar refractivity (Wildman–Crippen MR) is 67.5 cm³/mol. The Balaban J connectivity index is 1.90. The highest BCUT2D eigenvalue weighted by atomic mass is 16.3. The van der Waals surface area contributed by atoms with Gasteiger partial charge in [-0.3, -0.25) is 0 Å². The molecule has 1 atom stereocenters. The van der Waals surface area contributed by atoms with Gasteiger partial charge in [-0.25, -0.2) is 0 Å². The number of aliphatic hydroxyl groups is 1. The van der Waals surface area contributed by atoms with Gasteiger partial charge in [0.15, 0.2) is 0 Å². The minimum atomic E-state index is 0.101. The third-order valence-electron chi connectivity index (χ3n) is 4.82. The number of hydrogen-bond acceptors (Lipinski definition) is 2. The first kappa shape index (κ1) is 12.4. The maximum absolute atomic E-state index is 9.07. The molecule has 0 aromatic heterocycles. The topological polar surface area (TPSA) is 32.3 Å². The molecule has 0 aromatic rings. The van der Waals surface area contributed by atoms with E-state index in [1.165, 1.54) is 44.9 Å². The fraction of sp³-hybridized carbons (Fsp3) is 1.00. The summed E-state index contributed by atoms with van der Waals surface area (Å²) in [6.45, 7) is 4.73. The quantitative estimate of drug-likeness (QED) is 0.771. The van der Waals surface area contributed by atoms with E-state index in [2.05, 4.69) is 19.2 Å². The molecule has 94 valence electrons. The fourth-order valence-corrected chi connectivity index (χ4v) is 3.60. The molecule has 0 amide bonds. The predicted octanol–water partition coefficient (Wildman–Crippen LogP) is 2.85. The van der Waals surface area contributed by atoms with Gasteiger partial charge in [0, 0.05) is 18.2 Å². The summed E-state index contributed by atoms with van der Waals surface area (Å²) in [7, 11) is 0. The monoisotopic (exact) mass is 225 g/mol. The summed E-state index contributed by atoms with van der Waals surface area (Å²) < 4.78 is 0. The molecule has 1 unspecified atom stereocenters. The molecule has 2 aliphatic carbocycles. The van der Waals surface area contributed by atoms with E-state index in [1.807, 2.05) is 0 Å². The average Bonchev–Trinajstić information content (AvgIpc) is 2.26. The van der Waals surface area contributed by atoms with E-state index in [1.54, 1.807) is 0 Å². The van der Waals surface area contributed by atoms with E-state index in [4.69, 9.17) is 5.11 Å². The van der Waals surface area contributed by atoms with Gasteiger partial charge < -0.3 is 10.4 Å². The van der Waals surface area contributed by atoms with Gasteiger partial charge in [-0.1, -0.05) is 19.3 Å². The Labute approximate surface area is 99.8 Å². The van der Waals surface area contributed by atoms with Gasteiger partial charge in [-0.05, 0) is 51.4 Å². The van der Waals surface area contributed by atoms with E-state index in [9.17, 15) is 0 Å². The number of hydrogen-bond donors (Lipinski definition) is 2. The van der Waals surface area contributed by atoms with Gasteiger partial charge in [0.25, 0.3) is 0 Å². The summed E-state index contributed by atoms with van der Waals surface area (Å²) in [5.41, 5.74) is 0.731. The lowest BCUT2D eigenvalue weighted by molar-refractivity contribution is 0.00453. The molecular formula is C14H27NO. The lowest BCUT2D eigenvalue weighted by atomic mass is 9.57. The largest absolute Gasteiger partial charge is 0.396 e. The van der Waals surface area contributed by atoms with Crippen LogP contribution in [0.15, 0.2) is 0 Å². The van der Waals surface area contributed by atoms with Gasteiger partial charge in [-0.15, -0.1) is 0 Å². The Morgan fingerprint density at radius 3 is 2.38 bits per heavy atom. The molecular weight excluding hydrogens is 198 g/mol. The molecule has 2 aliphatic rings. The molecule has 2 rings (SSSR count). The van der Waals surface area contributed by atoms with Crippen LogP contribution in [0.1, 0.15) is 65.2 Å². The lowest BCUT2D eigenvalue weighted by Crippen LogP contribution is -2.60. The van der Waals surface area contributed by atoms with Crippen molar-refractivity contribution in [1.82, 2.24) is 5.32 Å². The molecule has 0 aliphatic heterocycles. The zero-order valence-corrected chi connectivity index (χ0v) is 10.9. The molecule has 2 fully saturated rings. The van der Waals surface area contributed by atoms with Crippen LogP contribution in [0.2, 0.25) is 0 Å². The van der Waals surface area contributed by atoms with Gasteiger partial charge in [-0.2, -0.15) is 0 Å². The summed E-state index contributed by atoms with van der Waals surface area (Å²) in [6.07, 6.45) is 10.8. The Morgan fingerprint density at radius 1 is 1.19 bits per heavy atom. The Morgan fingerprint density at radius 2 is 1.88 bits per heavy atom. The highest BCUT2D eigenvalue weighted by molar-refractivity contribution is 5.03. The van der Waals surface area contributed by atoms with Gasteiger partial charge in [0.05, 0.1) is 0 Å². The van der Waals surface area contributed by atoms with E-state index in [0.717, 1.165) is 6.42 Å². The normalized spacial score (nSPS) is 29.1. The molecule has 0 bridgehead atoms. The molecule has 0 heterocycles. The van der Waals surface area contributed by atoms with E-state index in [-0.39, 0.29) is 5.54 Å². The van der Waals surface area contributed by atoms with E-state index >= 15 is 0 Å². The minimum absolute atomic E-state index is 0.101. The van der Waals surface area contributed by atoms with Gasteiger partial charge >= 0.3 is 0 Å². The molecule has 1 spiro atoms. The number of nitrogens with one attached hydrogen (secondary N) is 1. The maximum Gasteiger partial charge on any atom is 0.0448 e. The second-order valence-corrected chi connectivity index (χ2v) is 6.52. The first-order chi connectivity index (χ1) is 7.58. The summed E-state index contributed by atoms with van der Waals surface area (Å²) >= 11 is 0. The third kappa shape index (κ3) is 2.43. The van der Waals surface area contributed by atoms with E-state index in [0.29, 0.717) is 18.1 Å². The first-order valence-electron chi connectivity index (χ1n) is 6.97. The average molecular weight is 225 g/mol. The zero-order chi connectivity index (χ0) is 11.6. The fourth-order valence-electron chi connectivity index (χ4n) is 3.60. The van der Waals surface area contributed by atoms with Crippen LogP contribution in [0.3, 0.4) is 0 Å². The van der Waals surface area contributed by atoms with Crippen molar-refractivity contribution in [2.24, 2.45) is 5.41 Å². The minimum Gasteiger partial charge on any atom is -0.396 e. The van der Waals surface area contributed by atoms with Gasteiger partial charge in [0.2, 0.25) is 0 Å². The summed E-state index contributed by atoms with van der Waals surface area (Å²) in [6, 6.07) is 0.717. The SMILES string of the molecule is CC(C)(CCO)NC1CCC12CCCCC2. The van der Waals surface area contributed by atoms with Crippen LogP contribution in [0, 0.1) is 5.41 Å². The van der Waals surface area contributed by atoms with Crippen LogP contribution >= 0.6 is 0 Å². The molecule has 0 aromatic carbocycles. The second-order valence-electron chi connectivity index (χ2n) is 6.52. The molecule has 2 heteroatoms. The maximum atomic E-state index is 9.07. The number of rotatable bonds is 4.